The number of carbonyl (C=O) groups is 2. The molecule has 2 aromatic rings. The van der Waals surface area contributed by atoms with Crippen LogP contribution in [0.2, 0.25) is 0 Å². The number of nitrogens with zero attached hydrogens (tertiary/aromatic N) is 2. The van der Waals surface area contributed by atoms with Gasteiger partial charge in [0.05, 0.1) is 0 Å². The van der Waals surface area contributed by atoms with Crippen molar-refractivity contribution in [2.24, 2.45) is 0 Å². The van der Waals surface area contributed by atoms with Gasteiger partial charge in [0, 0.05) is 31.9 Å². The number of hydrogen-bond donors (Lipinski definition) is 0. The predicted molar refractivity (Wildman–Crippen MR) is 75.3 cm³/mol. The molecule has 0 aromatic carbocycles. The van der Waals surface area contributed by atoms with Gasteiger partial charge in [-0.2, -0.15) is 8.78 Å². The molecule has 22 heavy (non-hydrogen) atoms. The zero-order valence-corrected chi connectivity index (χ0v) is 14.5. The first kappa shape index (κ1) is 22.8. The third-order valence-electron chi connectivity index (χ3n) is 2.27. The van der Waals surface area contributed by atoms with Gasteiger partial charge in [0.2, 0.25) is 11.9 Å². The summed E-state index contributed by atoms with van der Waals surface area (Å²) in [6.07, 6.45) is 2.44. The minimum absolute atomic E-state index is 0. The van der Waals surface area contributed by atoms with Crippen molar-refractivity contribution >= 4 is 20.0 Å². The predicted octanol–water partition coefficient (Wildman–Crippen LogP) is -0.418. The van der Waals surface area contributed by atoms with E-state index in [1.807, 2.05) is 0 Å². The zero-order chi connectivity index (χ0) is 15.1. The van der Waals surface area contributed by atoms with E-state index in [1.54, 1.807) is 0 Å². The molecule has 0 saturated heterocycles. The van der Waals surface area contributed by atoms with Crippen molar-refractivity contribution < 1.29 is 49.4 Å². The Hall–Kier alpha value is -1.44. The van der Waals surface area contributed by atoms with Gasteiger partial charge < -0.3 is 1.43 Å². The van der Waals surface area contributed by atoms with Crippen molar-refractivity contribution in [2.45, 2.75) is 13.8 Å². The van der Waals surface area contributed by atoms with E-state index < -0.39 is 11.9 Å². The topological polar surface area (TPSA) is 59.9 Å². The second-order valence-corrected chi connectivity index (χ2v) is 3.85. The van der Waals surface area contributed by atoms with Crippen LogP contribution in [0.5, 0.6) is 0 Å². The van der Waals surface area contributed by atoms with E-state index in [4.69, 9.17) is 0 Å². The summed E-state index contributed by atoms with van der Waals surface area (Å²) in [5.74, 6) is -1.34. The van der Waals surface area contributed by atoms with Crippen LogP contribution in [-0.4, -0.2) is 29.9 Å². The minimum atomic E-state index is -0.565. The average molecular weight is 313 g/mol. The van der Waals surface area contributed by atoms with E-state index in [1.165, 1.54) is 38.4 Å². The number of aromatic nitrogens is 2. The van der Waals surface area contributed by atoms with Gasteiger partial charge in [-0.25, -0.2) is 9.97 Å². The fourth-order valence-corrected chi connectivity index (χ4v) is 1.17. The molecule has 0 N–H and O–H groups in total. The summed E-state index contributed by atoms with van der Waals surface area (Å²) in [6.45, 7) is 2.82. The fraction of sp³-hybridized carbons (Fsp3) is 0.143. The van der Waals surface area contributed by atoms with Gasteiger partial charge >= 0.3 is 29.6 Å². The summed E-state index contributed by atoms with van der Waals surface area (Å²) in [6, 6.07) is 5.14. The summed E-state index contributed by atoms with van der Waals surface area (Å²) in [5, 5.41) is 0. The normalized spacial score (nSPS) is 8.55. The second-order valence-electron chi connectivity index (χ2n) is 3.85. The molecule has 0 aliphatic heterocycles. The van der Waals surface area contributed by atoms with E-state index >= 15 is 0 Å². The second kappa shape index (κ2) is 11.2. The summed E-state index contributed by atoms with van der Waals surface area (Å²) >= 11 is 0. The number of carbonyl (C=O) groups excluding carboxylic acids is 2. The minimum Gasteiger partial charge on any atom is -1.00 e. The maximum atomic E-state index is 12.1. The number of halogens is 2. The summed E-state index contributed by atoms with van der Waals surface area (Å²) < 4.78 is 24.3. The molecule has 0 amide bonds. The third kappa shape index (κ3) is 8.12. The van der Waals surface area contributed by atoms with Crippen LogP contribution in [-0.2, 0) is 0 Å². The Kier molecular flexibility index (Phi) is 11.6. The molecule has 0 fully saturated rings. The Bertz CT molecular complexity index is 558. The molecule has 0 aliphatic carbocycles. The van der Waals surface area contributed by atoms with Crippen molar-refractivity contribution in [1.29, 1.82) is 0 Å². The molecule has 109 valence electrons. The first-order chi connectivity index (χ1) is 9.40. The number of hydrogen-bond acceptors (Lipinski definition) is 4. The first-order valence-corrected chi connectivity index (χ1v) is 5.65. The molecule has 2 heterocycles. The molecule has 2 aromatic heterocycles. The maximum absolute atomic E-state index is 12.1. The van der Waals surface area contributed by atoms with Gasteiger partial charge in [-0.15, -0.1) is 0 Å². The van der Waals surface area contributed by atoms with Crippen LogP contribution in [0.1, 0.15) is 36.0 Å². The van der Waals surface area contributed by atoms with Crippen molar-refractivity contribution in [2.75, 3.05) is 0 Å². The van der Waals surface area contributed by atoms with Gasteiger partial charge in [0.1, 0.15) is 0 Å². The van der Waals surface area contributed by atoms with Crippen molar-refractivity contribution in [3.63, 3.8) is 0 Å². The van der Waals surface area contributed by atoms with Crippen LogP contribution in [0.3, 0.4) is 0 Å². The standard InChI is InChI=1S/2C7H6FNO.B.Na.H/c2*1-5(10)6-2-3-7(8)9-4-6;;;/h2*2-4H,1H3;;;/q;;;+1;-1. The van der Waals surface area contributed by atoms with Crippen LogP contribution in [0.25, 0.3) is 0 Å². The Morgan fingerprint density at radius 1 is 0.864 bits per heavy atom. The molecule has 4 nitrogen and oxygen atoms in total. The SMILES string of the molecule is CC(=O)c1ccc(F)nc1.CC(=O)c1ccc(F)nc1.[B].[H-].[Na+]. The monoisotopic (exact) mass is 313 g/mol. The van der Waals surface area contributed by atoms with E-state index in [2.05, 4.69) is 9.97 Å². The molecule has 8 heteroatoms. The van der Waals surface area contributed by atoms with Crippen molar-refractivity contribution in [3.05, 3.63) is 59.7 Å². The number of rotatable bonds is 2. The average Bonchev–Trinajstić information content (AvgIpc) is 2.40. The Morgan fingerprint density at radius 3 is 1.36 bits per heavy atom. The smallest absolute Gasteiger partial charge is 1.00 e. The molecule has 0 bridgehead atoms. The van der Waals surface area contributed by atoms with Crippen LogP contribution in [0, 0.1) is 11.9 Å². The Morgan fingerprint density at radius 2 is 1.18 bits per heavy atom. The van der Waals surface area contributed by atoms with Gasteiger partial charge in [0.15, 0.2) is 11.6 Å². The van der Waals surface area contributed by atoms with Crippen molar-refractivity contribution in [3.8, 4) is 0 Å². The number of Topliss-reactive ketones (excluding diaryl/α,β-unsaturated/α-hetero) is 2. The van der Waals surface area contributed by atoms with Crippen LogP contribution >= 0.6 is 0 Å². The van der Waals surface area contributed by atoms with Gasteiger partial charge in [-0.05, 0) is 38.1 Å². The van der Waals surface area contributed by atoms with E-state index in [-0.39, 0.29) is 51.0 Å². The van der Waals surface area contributed by atoms with E-state index in [9.17, 15) is 18.4 Å². The molecule has 3 radical (unpaired) electrons. The summed E-state index contributed by atoms with van der Waals surface area (Å²) in [4.78, 5) is 27.8. The van der Waals surface area contributed by atoms with Crippen LogP contribution in [0.15, 0.2) is 36.7 Å². The van der Waals surface area contributed by atoms with Gasteiger partial charge in [-0.3, -0.25) is 9.59 Å². The third-order valence-corrected chi connectivity index (χ3v) is 2.27. The fourth-order valence-electron chi connectivity index (χ4n) is 1.17. The maximum Gasteiger partial charge on any atom is 1.00 e. The molecule has 0 saturated carbocycles. The molecule has 0 unspecified atom stereocenters. The van der Waals surface area contributed by atoms with Crippen LogP contribution in [0.4, 0.5) is 8.78 Å². The van der Waals surface area contributed by atoms with E-state index in [0.717, 1.165) is 12.1 Å². The molecule has 2 rings (SSSR count). The molecule has 0 atom stereocenters. The van der Waals surface area contributed by atoms with Gasteiger partial charge in [-0.1, -0.05) is 0 Å². The first-order valence-electron chi connectivity index (χ1n) is 5.65. The zero-order valence-electron chi connectivity index (χ0n) is 13.5. The van der Waals surface area contributed by atoms with Crippen LogP contribution < -0.4 is 29.6 Å². The molecule has 0 aliphatic rings. The number of ketones is 2. The largest absolute Gasteiger partial charge is 1.00 e. The Balaban J connectivity index is -0.000000308. The molecular formula is C14H13BF2N2NaO2. The summed E-state index contributed by atoms with van der Waals surface area (Å²) in [5.41, 5.74) is 0.864. The van der Waals surface area contributed by atoms with Crippen molar-refractivity contribution in [1.82, 2.24) is 9.97 Å². The van der Waals surface area contributed by atoms with Gasteiger partial charge in [0.25, 0.3) is 0 Å². The number of pyridine rings is 2. The Labute approximate surface area is 152 Å². The molecular weight excluding hydrogens is 300 g/mol. The molecule has 0 spiro atoms. The summed E-state index contributed by atoms with van der Waals surface area (Å²) in [7, 11) is 0. The quantitative estimate of drug-likeness (QED) is 0.429. The van der Waals surface area contributed by atoms with E-state index in [0.29, 0.717) is 11.1 Å².